The van der Waals surface area contributed by atoms with Gasteiger partial charge in [0.25, 0.3) is 0 Å². The summed E-state index contributed by atoms with van der Waals surface area (Å²) < 4.78 is 5.63. The number of benzene rings is 1. The molecule has 1 nitrogen and oxygen atoms in total. The molecule has 1 heteroatoms. The van der Waals surface area contributed by atoms with Gasteiger partial charge in [-0.25, -0.2) is 0 Å². The number of ether oxygens (including phenoxy) is 1. The Balaban J connectivity index is 0.00000196. The molecular weight excluding hydrogens is 184 g/mol. The van der Waals surface area contributed by atoms with E-state index in [2.05, 4.69) is 32.1 Å². The molecule has 0 amide bonds. The van der Waals surface area contributed by atoms with Crippen LogP contribution in [0, 0.1) is 0 Å². The Kier molecular flexibility index (Phi) is 7.43. The quantitative estimate of drug-likeness (QED) is 0.687. The minimum atomic E-state index is 0. The molecule has 0 aliphatic carbocycles. The largest absolute Gasteiger partial charge is 0.493 e. The molecule has 0 bridgehead atoms. The van der Waals surface area contributed by atoms with Crippen LogP contribution in [0.3, 0.4) is 0 Å². The minimum Gasteiger partial charge on any atom is -0.493 e. The lowest BCUT2D eigenvalue weighted by molar-refractivity contribution is 0.317. The molecule has 0 unspecified atom stereocenters. The average molecular weight is 206 g/mol. The van der Waals surface area contributed by atoms with E-state index in [1.54, 1.807) is 0 Å². The summed E-state index contributed by atoms with van der Waals surface area (Å²) in [5.41, 5.74) is 1.17. The van der Waals surface area contributed by atoms with Gasteiger partial charge in [-0.2, -0.15) is 0 Å². The van der Waals surface area contributed by atoms with E-state index in [0.29, 0.717) is 0 Å². The molecule has 0 saturated carbocycles. The van der Waals surface area contributed by atoms with Gasteiger partial charge >= 0.3 is 0 Å². The Morgan fingerprint density at radius 1 is 1.20 bits per heavy atom. The highest BCUT2D eigenvalue weighted by atomic mass is 16.5. The van der Waals surface area contributed by atoms with Crippen molar-refractivity contribution in [1.82, 2.24) is 0 Å². The second kappa shape index (κ2) is 8.10. The van der Waals surface area contributed by atoms with Gasteiger partial charge < -0.3 is 4.74 Å². The van der Waals surface area contributed by atoms with Gasteiger partial charge in [0.2, 0.25) is 0 Å². The standard InChI is InChI=1S/C13H18O.CH4/c1-3-5-8-12-9-6-7-10-13(12)14-11-4-2;/h5-10H,3-4,11H2,1-2H3;1H4/b8-5-;. The van der Waals surface area contributed by atoms with Gasteiger partial charge in [-0.3, -0.25) is 0 Å². The fourth-order valence-electron chi connectivity index (χ4n) is 1.21. The highest BCUT2D eigenvalue weighted by Gasteiger charge is 1.97. The molecule has 0 aromatic heterocycles. The number of hydrogen-bond acceptors (Lipinski definition) is 1. The van der Waals surface area contributed by atoms with Crippen LogP contribution in [-0.2, 0) is 0 Å². The summed E-state index contributed by atoms with van der Waals surface area (Å²) in [6, 6.07) is 8.14. The first-order valence-corrected chi connectivity index (χ1v) is 5.26. The summed E-state index contributed by atoms with van der Waals surface area (Å²) in [5.74, 6) is 0.985. The molecule has 0 aliphatic heterocycles. The van der Waals surface area contributed by atoms with Crippen molar-refractivity contribution in [2.24, 2.45) is 0 Å². The van der Waals surface area contributed by atoms with E-state index in [9.17, 15) is 0 Å². The molecule has 1 aromatic carbocycles. The van der Waals surface area contributed by atoms with Crippen LogP contribution in [0.4, 0.5) is 0 Å². The molecule has 0 N–H and O–H groups in total. The van der Waals surface area contributed by atoms with Gasteiger partial charge in [-0.15, -0.1) is 0 Å². The average Bonchev–Trinajstić information content (AvgIpc) is 2.24. The van der Waals surface area contributed by atoms with Gasteiger partial charge in [0, 0.05) is 5.56 Å². The van der Waals surface area contributed by atoms with E-state index in [1.165, 1.54) is 5.56 Å². The van der Waals surface area contributed by atoms with Gasteiger partial charge in [0.15, 0.2) is 0 Å². The maximum Gasteiger partial charge on any atom is 0.126 e. The van der Waals surface area contributed by atoms with Crippen molar-refractivity contribution in [1.29, 1.82) is 0 Å². The lowest BCUT2D eigenvalue weighted by Crippen LogP contribution is -1.96. The predicted octanol–water partition coefficient (Wildman–Crippen LogP) is 4.53. The number of para-hydroxylation sites is 1. The Hall–Kier alpha value is -1.24. The van der Waals surface area contributed by atoms with E-state index in [-0.39, 0.29) is 7.43 Å². The zero-order chi connectivity index (χ0) is 10.2. The summed E-state index contributed by atoms with van der Waals surface area (Å²) in [4.78, 5) is 0. The minimum absolute atomic E-state index is 0. The van der Waals surface area contributed by atoms with Crippen molar-refractivity contribution < 1.29 is 4.74 Å². The number of rotatable bonds is 5. The molecule has 0 fully saturated rings. The molecule has 0 saturated heterocycles. The third-order valence-electron chi connectivity index (χ3n) is 1.91. The van der Waals surface area contributed by atoms with E-state index >= 15 is 0 Å². The van der Waals surface area contributed by atoms with Gasteiger partial charge in [0.1, 0.15) is 5.75 Å². The van der Waals surface area contributed by atoms with Crippen LogP contribution in [0.15, 0.2) is 30.3 Å². The van der Waals surface area contributed by atoms with E-state index in [1.807, 2.05) is 18.2 Å². The molecule has 1 aromatic rings. The molecule has 0 spiro atoms. The Bertz CT molecular complexity index is 289. The van der Waals surface area contributed by atoms with Crippen LogP contribution in [-0.4, -0.2) is 6.61 Å². The monoisotopic (exact) mass is 206 g/mol. The summed E-state index contributed by atoms with van der Waals surface area (Å²) in [6.07, 6.45) is 6.37. The van der Waals surface area contributed by atoms with Gasteiger partial charge in [-0.05, 0) is 18.9 Å². The van der Waals surface area contributed by atoms with E-state index < -0.39 is 0 Å². The van der Waals surface area contributed by atoms with Crippen molar-refractivity contribution in [2.75, 3.05) is 6.61 Å². The first-order valence-electron chi connectivity index (χ1n) is 5.26. The smallest absolute Gasteiger partial charge is 0.126 e. The van der Waals surface area contributed by atoms with Crippen LogP contribution in [0.5, 0.6) is 5.75 Å². The summed E-state index contributed by atoms with van der Waals surface area (Å²) >= 11 is 0. The molecule has 0 aliphatic rings. The van der Waals surface area contributed by atoms with Crippen LogP contribution in [0.1, 0.15) is 39.7 Å². The Morgan fingerprint density at radius 2 is 1.93 bits per heavy atom. The summed E-state index contributed by atoms with van der Waals surface area (Å²) in [7, 11) is 0. The molecule has 15 heavy (non-hydrogen) atoms. The summed E-state index contributed by atoms with van der Waals surface area (Å²) in [5, 5.41) is 0. The first-order chi connectivity index (χ1) is 6.88. The third-order valence-corrected chi connectivity index (χ3v) is 1.91. The number of hydrogen-bond donors (Lipinski definition) is 0. The van der Waals surface area contributed by atoms with E-state index in [0.717, 1.165) is 25.2 Å². The molecular formula is C14H22O. The van der Waals surface area contributed by atoms with Crippen LogP contribution < -0.4 is 4.74 Å². The third kappa shape index (κ3) is 4.68. The van der Waals surface area contributed by atoms with Crippen LogP contribution in [0.2, 0.25) is 0 Å². The Morgan fingerprint density at radius 3 is 2.60 bits per heavy atom. The Labute approximate surface area is 93.8 Å². The second-order valence-electron chi connectivity index (χ2n) is 3.20. The maximum atomic E-state index is 5.63. The second-order valence-corrected chi connectivity index (χ2v) is 3.20. The highest BCUT2D eigenvalue weighted by Crippen LogP contribution is 2.19. The molecule has 0 atom stereocenters. The maximum absolute atomic E-state index is 5.63. The molecule has 84 valence electrons. The zero-order valence-corrected chi connectivity index (χ0v) is 8.99. The first kappa shape index (κ1) is 13.8. The van der Waals surface area contributed by atoms with Gasteiger partial charge in [0.05, 0.1) is 6.61 Å². The van der Waals surface area contributed by atoms with Crippen molar-refractivity contribution in [3.05, 3.63) is 35.9 Å². The normalized spacial score (nSPS) is 10.0. The van der Waals surface area contributed by atoms with E-state index in [4.69, 9.17) is 4.74 Å². The topological polar surface area (TPSA) is 9.23 Å². The SMILES string of the molecule is C.CC/C=C\c1ccccc1OCCC. The van der Waals surface area contributed by atoms with Crippen molar-refractivity contribution >= 4 is 6.08 Å². The predicted molar refractivity (Wildman–Crippen MR) is 68.3 cm³/mol. The van der Waals surface area contributed by atoms with Gasteiger partial charge in [-0.1, -0.05) is 51.6 Å². The van der Waals surface area contributed by atoms with Crippen LogP contribution in [0.25, 0.3) is 6.08 Å². The highest BCUT2D eigenvalue weighted by molar-refractivity contribution is 5.56. The van der Waals surface area contributed by atoms with Crippen LogP contribution >= 0.6 is 0 Å². The van der Waals surface area contributed by atoms with Crippen molar-refractivity contribution in [3.8, 4) is 5.75 Å². The fraction of sp³-hybridized carbons (Fsp3) is 0.429. The molecule has 0 radical (unpaired) electrons. The van der Waals surface area contributed by atoms with Crippen molar-refractivity contribution in [3.63, 3.8) is 0 Å². The number of allylic oxidation sites excluding steroid dienone is 1. The summed E-state index contributed by atoms with van der Waals surface area (Å²) in [6.45, 7) is 5.04. The fourth-order valence-corrected chi connectivity index (χ4v) is 1.21. The lowest BCUT2D eigenvalue weighted by Gasteiger charge is -2.07. The molecule has 1 rings (SSSR count). The lowest BCUT2D eigenvalue weighted by atomic mass is 10.2. The molecule has 0 heterocycles. The zero-order valence-electron chi connectivity index (χ0n) is 8.99. The van der Waals surface area contributed by atoms with Crippen molar-refractivity contribution in [2.45, 2.75) is 34.1 Å².